The Kier molecular flexibility index (Phi) is 7.60. The van der Waals surface area contributed by atoms with Gasteiger partial charge in [-0.05, 0) is 54.1 Å². The van der Waals surface area contributed by atoms with Gasteiger partial charge in [-0.2, -0.15) is 0 Å². The number of carbonyl (C=O) groups excluding carboxylic acids is 1. The van der Waals surface area contributed by atoms with Crippen LogP contribution in [0.1, 0.15) is 57.1 Å². The summed E-state index contributed by atoms with van der Waals surface area (Å²) in [7, 11) is 0. The van der Waals surface area contributed by atoms with Crippen LogP contribution in [0, 0.1) is 5.92 Å². The molecule has 2 aromatic carbocycles. The fraction of sp³-hybridized carbons (Fsp3) is 0.500. The molecule has 0 aromatic heterocycles. The predicted octanol–water partition coefficient (Wildman–Crippen LogP) is 5.84. The van der Waals surface area contributed by atoms with E-state index < -0.39 is 5.41 Å². The minimum atomic E-state index is -0.656. The number of hydrogen-bond acceptors (Lipinski definition) is 3. The minimum absolute atomic E-state index is 0. The van der Waals surface area contributed by atoms with E-state index in [1.165, 1.54) is 30.4 Å². The van der Waals surface area contributed by atoms with Gasteiger partial charge in [0.15, 0.2) is 0 Å². The molecule has 0 amide bonds. The summed E-state index contributed by atoms with van der Waals surface area (Å²) in [4.78, 5) is 16.2. The Bertz CT molecular complexity index is 810. The van der Waals surface area contributed by atoms with Crippen LogP contribution in [-0.4, -0.2) is 37.1 Å². The van der Waals surface area contributed by atoms with Crippen LogP contribution in [0.5, 0.6) is 0 Å². The maximum absolute atomic E-state index is 13.9. The standard InChI is InChI=1S/C26H33NO2.ClH/c1-3-27(4-2)18-19-29-25(28)26(20-12-6-5-7-13-20)23-16-10-8-14-21(23)22-15-9-11-17-24(22)26;/h8-11,14-17,20H,3-7,12-13,18-19H2,1-2H3;1H. The highest BCUT2D eigenvalue weighted by Crippen LogP contribution is 2.56. The highest BCUT2D eigenvalue weighted by atomic mass is 35.5. The molecule has 0 spiro atoms. The molecule has 162 valence electrons. The number of ether oxygens (including phenoxy) is 1. The van der Waals surface area contributed by atoms with Crippen LogP contribution in [0.15, 0.2) is 48.5 Å². The number of likely N-dealkylation sites (N-methyl/N-ethyl adjacent to an activating group) is 1. The molecule has 4 heteroatoms. The Hall–Kier alpha value is -1.84. The molecule has 0 saturated heterocycles. The number of carbonyl (C=O) groups is 1. The van der Waals surface area contributed by atoms with Crippen molar-refractivity contribution in [2.45, 2.75) is 51.4 Å². The first kappa shape index (κ1) is 22.8. The average Bonchev–Trinajstić information content (AvgIpc) is 3.09. The van der Waals surface area contributed by atoms with Crippen molar-refractivity contribution in [1.29, 1.82) is 0 Å². The van der Waals surface area contributed by atoms with E-state index in [1.54, 1.807) is 0 Å². The van der Waals surface area contributed by atoms with Crippen LogP contribution in [0.2, 0.25) is 0 Å². The predicted molar refractivity (Wildman–Crippen MR) is 125 cm³/mol. The normalized spacial score (nSPS) is 17.2. The van der Waals surface area contributed by atoms with Crippen molar-refractivity contribution in [2.24, 2.45) is 5.92 Å². The van der Waals surface area contributed by atoms with Crippen LogP contribution in [0.4, 0.5) is 0 Å². The van der Waals surface area contributed by atoms with Gasteiger partial charge < -0.3 is 9.64 Å². The molecule has 1 fully saturated rings. The van der Waals surface area contributed by atoms with Crippen LogP contribution in [0.3, 0.4) is 0 Å². The summed E-state index contributed by atoms with van der Waals surface area (Å²) in [5.74, 6) is 0.260. The van der Waals surface area contributed by atoms with Gasteiger partial charge in [0.2, 0.25) is 0 Å². The maximum atomic E-state index is 13.9. The summed E-state index contributed by atoms with van der Waals surface area (Å²) in [5.41, 5.74) is 4.06. The smallest absolute Gasteiger partial charge is 0.321 e. The third-order valence-electron chi connectivity index (χ3n) is 7.07. The van der Waals surface area contributed by atoms with Gasteiger partial charge in [0, 0.05) is 6.54 Å². The van der Waals surface area contributed by atoms with E-state index in [2.05, 4.69) is 67.3 Å². The second-order valence-corrected chi connectivity index (χ2v) is 8.40. The van der Waals surface area contributed by atoms with E-state index in [4.69, 9.17) is 4.74 Å². The van der Waals surface area contributed by atoms with Crippen LogP contribution in [0.25, 0.3) is 11.1 Å². The van der Waals surface area contributed by atoms with E-state index in [-0.39, 0.29) is 18.4 Å². The summed E-state index contributed by atoms with van der Waals surface area (Å²) >= 11 is 0. The molecule has 3 nitrogen and oxygen atoms in total. The molecule has 0 radical (unpaired) electrons. The van der Waals surface area contributed by atoms with Crippen molar-refractivity contribution in [3.8, 4) is 11.1 Å². The number of benzene rings is 2. The SMILES string of the molecule is CCN(CC)CCOC(=O)C1(C2CCCCC2)c2ccccc2-c2ccccc21.Cl. The number of esters is 1. The molecule has 0 bridgehead atoms. The van der Waals surface area contributed by atoms with Crippen molar-refractivity contribution in [3.63, 3.8) is 0 Å². The largest absolute Gasteiger partial charge is 0.463 e. The van der Waals surface area contributed by atoms with E-state index in [0.717, 1.165) is 43.6 Å². The zero-order valence-corrected chi connectivity index (χ0v) is 19.0. The number of rotatable bonds is 7. The Balaban J connectivity index is 0.00000256. The summed E-state index contributed by atoms with van der Waals surface area (Å²) in [5, 5.41) is 0. The topological polar surface area (TPSA) is 29.5 Å². The Labute approximate surface area is 187 Å². The van der Waals surface area contributed by atoms with Gasteiger partial charge in [0.1, 0.15) is 12.0 Å². The molecule has 0 atom stereocenters. The van der Waals surface area contributed by atoms with Crippen molar-refractivity contribution in [2.75, 3.05) is 26.2 Å². The van der Waals surface area contributed by atoms with Gasteiger partial charge in [-0.3, -0.25) is 4.79 Å². The lowest BCUT2D eigenvalue weighted by Crippen LogP contribution is -2.45. The molecular formula is C26H34ClNO2. The molecule has 0 heterocycles. The molecule has 0 unspecified atom stereocenters. The van der Waals surface area contributed by atoms with Gasteiger partial charge in [0.05, 0.1) is 0 Å². The summed E-state index contributed by atoms with van der Waals surface area (Å²) < 4.78 is 6.05. The van der Waals surface area contributed by atoms with Crippen LogP contribution in [-0.2, 0) is 14.9 Å². The first-order valence-corrected chi connectivity index (χ1v) is 11.3. The average molecular weight is 428 g/mol. The van der Waals surface area contributed by atoms with Crippen LogP contribution < -0.4 is 0 Å². The summed E-state index contributed by atoms with van der Waals surface area (Å²) in [6.45, 7) is 7.51. The Morgan fingerprint density at radius 2 is 1.47 bits per heavy atom. The number of nitrogens with zero attached hydrogens (tertiary/aromatic N) is 1. The fourth-order valence-corrected chi connectivity index (χ4v) is 5.55. The molecule has 0 N–H and O–H groups in total. The molecule has 2 aliphatic rings. The monoisotopic (exact) mass is 427 g/mol. The molecule has 4 rings (SSSR count). The van der Waals surface area contributed by atoms with Gasteiger partial charge in [-0.1, -0.05) is 81.6 Å². The Morgan fingerprint density at radius 3 is 2.00 bits per heavy atom. The number of fused-ring (bicyclic) bond motifs is 3. The summed E-state index contributed by atoms with van der Waals surface area (Å²) in [6.07, 6.45) is 5.85. The van der Waals surface area contributed by atoms with Crippen molar-refractivity contribution in [1.82, 2.24) is 4.90 Å². The lowest BCUT2D eigenvalue weighted by atomic mass is 9.63. The van der Waals surface area contributed by atoms with Gasteiger partial charge >= 0.3 is 5.97 Å². The van der Waals surface area contributed by atoms with Crippen LogP contribution >= 0.6 is 12.4 Å². The zero-order chi connectivity index (χ0) is 20.3. The third-order valence-corrected chi connectivity index (χ3v) is 7.07. The zero-order valence-electron chi connectivity index (χ0n) is 18.2. The molecular weight excluding hydrogens is 394 g/mol. The van der Waals surface area contributed by atoms with Gasteiger partial charge in [-0.15, -0.1) is 12.4 Å². The van der Waals surface area contributed by atoms with Crippen molar-refractivity contribution in [3.05, 3.63) is 59.7 Å². The second-order valence-electron chi connectivity index (χ2n) is 8.40. The maximum Gasteiger partial charge on any atom is 0.321 e. The molecule has 2 aliphatic carbocycles. The Morgan fingerprint density at radius 1 is 0.933 bits per heavy atom. The number of hydrogen-bond donors (Lipinski definition) is 0. The van der Waals surface area contributed by atoms with Crippen molar-refractivity contribution >= 4 is 18.4 Å². The summed E-state index contributed by atoms with van der Waals surface area (Å²) in [6, 6.07) is 17.0. The van der Waals surface area contributed by atoms with Gasteiger partial charge in [-0.25, -0.2) is 0 Å². The molecule has 0 aliphatic heterocycles. The van der Waals surface area contributed by atoms with E-state index in [0.29, 0.717) is 12.5 Å². The molecule has 30 heavy (non-hydrogen) atoms. The first-order chi connectivity index (χ1) is 14.2. The highest BCUT2D eigenvalue weighted by Gasteiger charge is 2.55. The van der Waals surface area contributed by atoms with E-state index in [9.17, 15) is 4.79 Å². The molecule has 1 saturated carbocycles. The third kappa shape index (κ3) is 3.78. The second kappa shape index (κ2) is 9.98. The lowest BCUT2D eigenvalue weighted by molar-refractivity contribution is -0.152. The van der Waals surface area contributed by atoms with E-state index in [1.807, 2.05) is 0 Å². The van der Waals surface area contributed by atoms with Gasteiger partial charge in [0.25, 0.3) is 0 Å². The molecule has 2 aromatic rings. The number of halogens is 1. The van der Waals surface area contributed by atoms with E-state index >= 15 is 0 Å². The van der Waals surface area contributed by atoms with Crippen molar-refractivity contribution < 1.29 is 9.53 Å². The fourth-order valence-electron chi connectivity index (χ4n) is 5.55. The lowest BCUT2D eigenvalue weighted by Gasteiger charge is -2.39. The quantitative estimate of drug-likeness (QED) is 0.520. The highest BCUT2D eigenvalue weighted by molar-refractivity contribution is 5.98. The minimum Gasteiger partial charge on any atom is -0.463 e. The first-order valence-electron chi connectivity index (χ1n) is 11.3.